The first kappa shape index (κ1) is 16.2. The Balaban J connectivity index is 2.55. The van der Waals surface area contributed by atoms with Crippen molar-refractivity contribution < 1.29 is 19.5 Å². The van der Waals surface area contributed by atoms with Gasteiger partial charge < -0.3 is 9.90 Å². The number of carbonyl (C=O) groups excluding carboxylic acids is 2. The van der Waals surface area contributed by atoms with Crippen molar-refractivity contribution in [1.29, 1.82) is 0 Å². The summed E-state index contributed by atoms with van der Waals surface area (Å²) in [5, 5.41) is 8.55. The molecule has 4 nitrogen and oxygen atoms in total. The van der Waals surface area contributed by atoms with Crippen LogP contribution in [0.3, 0.4) is 0 Å². The second-order valence-corrected chi connectivity index (χ2v) is 6.84. The Morgan fingerprint density at radius 3 is 2.21 bits per heavy atom. The number of carbonyl (C=O) groups is 3. The van der Waals surface area contributed by atoms with E-state index in [4.69, 9.17) is 5.11 Å². The van der Waals surface area contributed by atoms with E-state index in [9.17, 15) is 14.4 Å². The lowest BCUT2D eigenvalue weighted by molar-refractivity contribution is -0.138. The van der Waals surface area contributed by atoms with Gasteiger partial charge in [0.05, 0.1) is 6.42 Å². The number of Topliss-reactive ketones (excluding diaryl/α,β-unsaturated/α-hetero) is 1. The fourth-order valence-corrected chi connectivity index (χ4v) is 3.89. The summed E-state index contributed by atoms with van der Waals surface area (Å²) in [5.74, 6) is -0.779. The highest BCUT2D eigenvalue weighted by atomic mass is 32.2. The summed E-state index contributed by atoms with van der Waals surface area (Å²) >= 11 is 1.30. The van der Waals surface area contributed by atoms with Gasteiger partial charge in [0.2, 0.25) is 0 Å². The van der Waals surface area contributed by atoms with Gasteiger partial charge in [-0.3, -0.25) is 9.59 Å². The van der Waals surface area contributed by atoms with Crippen LogP contribution in [0, 0.1) is 0 Å². The smallest absolute Gasteiger partial charge is 0.303 e. The van der Waals surface area contributed by atoms with E-state index in [-0.39, 0.29) is 28.5 Å². The van der Waals surface area contributed by atoms with Crippen LogP contribution in [0.1, 0.15) is 64.7 Å². The maximum absolute atomic E-state index is 11.9. The quantitative estimate of drug-likeness (QED) is 0.778. The van der Waals surface area contributed by atoms with E-state index in [1.165, 1.54) is 18.2 Å². The fourth-order valence-electron chi connectivity index (χ4n) is 2.50. The van der Waals surface area contributed by atoms with Crippen LogP contribution in [-0.4, -0.2) is 26.7 Å². The Labute approximate surface area is 118 Å². The third kappa shape index (κ3) is 6.23. The predicted molar refractivity (Wildman–Crippen MR) is 75.2 cm³/mol. The van der Waals surface area contributed by atoms with Crippen LogP contribution in [-0.2, 0) is 14.4 Å². The molecule has 0 bridgehead atoms. The molecule has 0 saturated heterocycles. The maximum Gasteiger partial charge on any atom is 0.303 e. The molecular weight excluding hydrogens is 264 g/mol. The SMILES string of the molecule is CC(=O)CCC1(SC(=O)CCC(=O)O)CCCCC1. The summed E-state index contributed by atoms with van der Waals surface area (Å²) in [4.78, 5) is 33.5. The number of thioether (sulfide) groups is 1. The molecule has 1 N–H and O–H groups in total. The van der Waals surface area contributed by atoms with Crippen LogP contribution < -0.4 is 0 Å². The molecule has 1 rings (SSSR count). The number of rotatable bonds is 7. The van der Waals surface area contributed by atoms with Gasteiger partial charge in [-0.1, -0.05) is 31.0 Å². The molecule has 1 fully saturated rings. The molecule has 0 radical (unpaired) electrons. The van der Waals surface area contributed by atoms with Crippen LogP contribution in [0.5, 0.6) is 0 Å². The molecule has 0 amide bonds. The summed E-state index contributed by atoms with van der Waals surface area (Å²) in [5.41, 5.74) is 0. The lowest BCUT2D eigenvalue weighted by Gasteiger charge is -2.36. The van der Waals surface area contributed by atoms with Gasteiger partial charge in [0.1, 0.15) is 5.78 Å². The fraction of sp³-hybridized carbons (Fsp3) is 0.786. The first-order chi connectivity index (χ1) is 8.93. The normalized spacial score (nSPS) is 17.9. The van der Waals surface area contributed by atoms with E-state index < -0.39 is 5.97 Å². The predicted octanol–water partition coefficient (Wildman–Crippen LogP) is 3.18. The first-order valence-electron chi connectivity index (χ1n) is 6.87. The highest BCUT2D eigenvalue weighted by molar-refractivity contribution is 8.14. The van der Waals surface area contributed by atoms with Crippen molar-refractivity contribution in [3.63, 3.8) is 0 Å². The van der Waals surface area contributed by atoms with Crippen molar-refractivity contribution in [3.05, 3.63) is 0 Å². The van der Waals surface area contributed by atoms with E-state index in [2.05, 4.69) is 0 Å². The number of hydrogen-bond acceptors (Lipinski definition) is 4. The summed E-state index contributed by atoms with van der Waals surface area (Å²) in [7, 11) is 0. The molecule has 0 aromatic rings. The van der Waals surface area contributed by atoms with E-state index in [1.54, 1.807) is 6.92 Å². The van der Waals surface area contributed by atoms with Gasteiger partial charge in [0.15, 0.2) is 5.12 Å². The average Bonchev–Trinajstić information content (AvgIpc) is 2.35. The van der Waals surface area contributed by atoms with Crippen molar-refractivity contribution in [1.82, 2.24) is 0 Å². The highest BCUT2D eigenvalue weighted by Gasteiger charge is 2.35. The third-order valence-electron chi connectivity index (χ3n) is 3.57. The molecule has 1 aliphatic rings. The second kappa shape index (κ2) is 7.68. The van der Waals surface area contributed by atoms with Crippen molar-refractivity contribution >= 4 is 28.6 Å². The van der Waals surface area contributed by atoms with Crippen LogP contribution in [0.15, 0.2) is 0 Å². The average molecular weight is 286 g/mol. The number of carboxylic acid groups (broad SMARTS) is 1. The first-order valence-corrected chi connectivity index (χ1v) is 7.68. The number of carboxylic acids is 1. The van der Waals surface area contributed by atoms with E-state index in [1.807, 2.05) is 0 Å². The second-order valence-electron chi connectivity index (χ2n) is 5.31. The largest absolute Gasteiger partial charge is 0.481 e. The number of aliphatic carboxylic acids is 1. The van der Waals surface area contributed by atoms with Gasteiger partial charge in [0.25, 0.3) is 0 Å². The molecule has 0 aliphatic heterocycles. The lowest BCUT2D eigenvalue weighted by Crippen LogP contribution is -2.30. The molecule has 0 aromatic heterocycles. The zero-order valence-electron chi connectivity index (χ0n) is 11.4. The molecule has 0 unspecified atom stereocenters. The zero-order valence-corrected chi connectivity index (χ0v) is 12.3. The third-order valence-corrected chi connectivity index (χ3v) is 5.05. The van der Waals surface area contributed by atoms with E-state index >= 15 is 0 Å². The minimum absolute atomic E-state index is 0.0483. The van der Waals surface area contributed by atoms with Crippen molar-refractivity contribution in [3.8, 4) is 0 Å². The molecule has 0 aromatic carbocycles. The molecule has 0 heterocycles. The molecule has 0 atom stereocenters. The Kier molecular flexibility index (Phi) is 6.55. The molecule has 0 spiro atoms. The van der Waals surface area contributed by atoms with Gasteiger partial charge in [-0.25, -0.2) is 0 Å². The summed E-state index contributed by atoms with van der Waals surface area (Å²) < 4.78 is -0.125. The Bertz CT molecular complexity index is 345. The van der Waals surface area contributed by atoms with Gasteiger partial charge in [0, 0.05) is 17.6 Å². The molecule has 1 aliphatic carbocycles. The highest BCUT2D eigenvalue weighted by Crippen LogP contribution is 2.44. The molecule has 19 heavy (non-hydrogen) atoms. The number of hydrogen-bond donors (Lipinski definition) is 1. The van der Waals surface area contributed by atoms with Crippen molar-refractivity contribution in [2.75, 3.05) is 0 Å². The Hall–Kier alpha value is -0.840. The van der Waals surface area contributed by atoms with Crippen LogP contribution in [0.2, 0.25) is 0 Å². The van der Waals surface area contributed by atoms with Crippen molar-refractivity contribution in [2.24, 2.45) is 0 Å². The zero-order chi connectivity index (χ0) is 14.3. The van der Waals surface area contributed by atoms with Gasteiger partial charge in [-0.15, -0.1) is 0 Å². The molecule has 108 valence electrons. The van der Waals surface area contributed by atoms with Crippen LogP contribution >= 0.6 is 11.8 Å². The van der Waals surface area contributed by atoms with E-state index in [0.717, 1.165) is 32.1 Å². The summed E-state index contributed by atoms with van der Waals surface area (Å²) in [6.07, 6.45) is 6.54. The standard InChI is InChI=1S/C14H22O4S/c1-11(15)7-10-14(8-3-2-4-9-14)19-13(18)6-5-12(16)17/h2-10H2,1H3,(H,16,17). The molecule has 1 saturated carbocycles. The van der Waals surface area contributed by atoms with Crippen LogP contribution in [0.25, 0.3) is 0 Å². The number of ketones is 1. The van der Waals surface area contributed by atoms with Gasteiger partial charge in [-0.2, -0.15) is 0 Å². The monoisotopic (exact) mass is 286 g/mol. The van der Waals surface area contributed by atoms with Gasteiger partial charge >= 0.3 is 5.97 Å². The van der Waals surface area contributed by atoms with Gasteiger partial charge in [-0.05, 0) is 26.2 Å². The lowest BCUT2D eigenvalue weighted by atomic mass is 9.84. The molecule has 5 heteroatoms. The van der Waals surface area contributed by atoms with Crippen molar-refractivity contribution in [2.45, 2.75) is 69.5 Å². The van der Waals surface area contributed by atoms with E-state index in [0.29, 0.717) is 6.42 Å². The Morgan fingerprint density at radius 2 is 1.68 bits per heavy atom. The maximum atomic E-state index is 11.9. The Morgan fingerprint density at radius 1 is 1.05 bits per heavy atom. The minimum atomic E-state index is -0.935. The summed E-state index contributed by atoms with van der Waals surface area (Å²) in [6, 6.07) is 0. The van der Waals surface area contributed by atoms with Crippen LogP contribution in [0.4, 0.5) is 0 Å². The topological polar surface area (TPSA) is 71.4 Å². The minimum Gasteiger partial charge on any atom is -0.481 e. The molecular formula is C14H22O4S. The summed E-state index contributed by atoms with van der Waals surface area (Å²) in [6.45, 7) is 1.58.